The van der Waals surface area contributed by atoms with Crippen LogP contribution in [0, 0.1) is 18.2 Å². The van der Waals surface area contributed by atoms with Crippen LogP contribution in [-0.2, 0) is 14.8 Å². The SMILES string of the molecule is Cc1cc(F)ccc1C1CCN(S(=O)(=O)CC2(C(=O)NO)CCN(C(=O)O)CC2)CC1. The largest absolute Gasteiger partial charge is 0.465 e. The first-order valence-corrected chi connectivity index (χ1v) is 11.9. The minimum absolute atomic E-state index is 0.0101. The molecule has 11 heteroatoms. The molecule has 2 amide bonds. The molecule has 0 radical (unpaired) electrons. The Balaban J connectivity index is 1.69. The fourth-order valence-electron chi connectivity index (χ4n) is 4.66. The lowest BCUT2D eigenvalue weighted by Gasteiger charge is -2.40. The van der Waals surface area contributed by atoms with Gasteiger partial charge in [-0.25, -0.2) is 27.4 Å². The van der Waals surface area contributed by atoms with Crippen molar-refractivity contribution in [3.05, 3.63) is 35.1 Å². The lowest BCUT2D eigenvalue weighted by Crippen LogP contribution is -2.54. The molecule has 172 valence electrons. The topological polar surface area (TPSA) is 127 Å². The normalized spacial score (nSPS) is 20.4. The Bertz CT molecular complexity index is 938. The third-order valence-corrected chi connectivity index (χ3v) is 8.62. The fraction of sp³-hybridized carbons (Fsp3) is 0.600. The maximum atomic E-state index is 13.4. The van der Waals surface area contributed by atoms with E-state index in [1.165, 1.54) is 16.4 Å². The van der Waals surface area contributed by atoms with Crippen LogP contribution in [0.1, 0.15) is 42.7 Å². The average Bonchev–Trinajstić information content (AvgIpc) is 2.73. The zero-order valence-corrected chi connectivity index (χ0v) is 18.2. The Hall–Kier alpha value is -2.24. The number of carboxylic acid groups (broad SMARTS) is 1. The van der Waals surface area contributed by atoms with Crippen molar-refractivity contribution >= 4 is 22.0 Å². The van der Waals surface area contributed by atoms with E-state index in [1.807, 2.05) is 6.92 Å². The molecular weight excluding hydrogens is 429 g/mol. The number of hydrogen-bond acceptors (Lipinski definition) is 5. The molecule has 0 unspecified atom stereocenters. The molecule has 2 saturated heterocycles. The number of nitrogens with zero attached hydrogens (tertiary/aromatic N) is 2. The number of carbonyl (C=O) groups excluding carboxylic acids is 1. The second-order valence-corrected chi connectivity index (χ2v) is 10.4. The average molecular weight is 458 g/mol. The van der Waals surface area contributed by atoms with Gasteiger partial charge < -0.3 is 10.0 Å². The van der Waals surface area contributed by atoms with E-state index in [0.29, 0.717) is 12.8 Å². The van der Waals surface area contributed by atoms with Gasteiger partial charge >= 0.3 is 6.09 Å². The van der Waals surface area contributed by atoms with E-state index in [0.717, 1.165) is 16.0 Å². The lowest BCUT2D eigenvalue weighted by molar-refractivity contribution is -0.141. The highest BCUT2D eigenvalue weighted by molar-refractivity contribution is 7.89. The van der Waals surface area contributed by atoms with Gasteiger partial charge in [0.15, 0.2) is 0 Å². The Morgan fingerprint density at radius 1 is 1.19 bits per heavy atom. The number of hydrogen-bond donors (Lipinski definition) is 3. The number of carbonyl (C=O) groups is 2. The number of halogens is 1. The molecule has 2 heterocycles. The summed E-state index contributed by atoms with van der Waals surface area (Å²) in [5.74, 6) is -1.47. The number of nitrogens with one attached hydrogen (secondary N) is 1. The van der Waals surface area contributed by atoms with Gasteiger partial charge in [-0.05, 0) is 61.8 Å². The summed E-state index contributed by atoms with van der Waals surface area (Å²) in [6.07, 6.45) is 0.0563. The first kappa shape index (κ1) is 23.4. The molecule has 2 fully saturated rings. The summed E-state index contributed by atoms with van der Waals surface area (Å²) >= 11 is 0. The van der Waals surface area contributed by atoms with Gasteiger partial charge in [-0.2, -0.15) is 0 Å². The Morgan fingerprint density at radius 2 is 1.81 bits per heavy atom. The third kappa shape index (κ3) is 4.99. The minimum Gasteiger partial charge on any atom is -0.465 e. The van der Waals surface area contributed by atoms with Gasteiger partial charge in [0, 0.05) is 26.2 Å². The number of piperidine rings is 2. The smallest absolute Gasteiger partial charge is 0.407 e. The second kappa shape index (κ2) is 9.09. The van der Waals surface area contributed by atoms with Gasteiger partial charge in [-0.15, -0.1) is 0 Å². The maximum Gasteiger partial charge on any atom is 0.407 e. The highest BCUT2D eigenvalue weighted by Gasteiger charge is 2.47. The van der Waals surface area contributed by atoms with Gasteiger partial charge in [0.25, 0.3) is 5.91 Å². The molecule has 3 N–H and O–H groups in total. The second-order valence-electron chi connectivity index (χ2n) is 8.42. The zero-order chi connectivity index (χ0) is 22.8. The van der Waals surface area contributed by atoms with Crippen LogP contribution in [0.4, 0.5) is 9.18 Å². The molecule has 31 heavy (non-hydrogen) atoms. The number of aryl methyl sites for hydroxylation is 1. The fourth-order valence-corrected chi connectivity index (χ4v) is 6.73. The summed E-state index contributed by atoms with van der Waals surface area (Å²) in [6, 6.07) is 4.63. The van der Waals surface area contributed by atoms with E-state index >= 15 is 0 Å². The molecule has 1 aromatic rings. The molecule has 0 atom stereocenters. The van der Waals surface area contributed by atoms with Crippen molar-refractivity contribution in [3.63, 3.8) is 0 Å². The number of rotatable bonds is 5. The number of likely N-dealkylation sites (tertiary alicyclic amines) is 1. The molecule has 0 saturated carbocycles. The molecule has 3 rings (SSSR count). The van der Waals surface area contributed by atoms with Gasteiger partial charge in [-0.3, -0.25) is 10.0 Å². The van der Waals surface area contributed by atoms with Crippen LogP contribution >= 0.6 is 0 Å². The van der Waals surface area contributed by atoms with E-state index in [1.54, 1.807) is 11.5 Å². The highest BCUT2D eigenvalue weighted by atomic mass is 32.2. The predicted molar refractivity (Wildman–Crippen MR) is 110 cm³/mol. The van der Waals surface area contributed by atoms with E-state index in [-0.39, 0.29) is 50.8 Å². The predicted octanol–water partition coefficient (Wildman–Crippen LogP) is 1.91. The van der Waals surface area contributed by atoms with Crippen LogP contribution in [0.3, 0.4) is 0 Å². The summed E-state index contributed by atoms with van der Waals surface area (Å²) in [4.78, 5) is 24.7. The zero-order valence-electron chi connectivity index (χ0n) is 17.4. The first-order valence-electron chi connectivity index (χ1n) is 10.2. The van der Waals surface area contributed by atoms with Gasteiger partial charge in [-0.1, -0.05) is 6.07 Å². The molecule has 0 aliphatic carbocycles. The monoisotopic (exact) mass is 457 g/mol. The van der Waals surface area contributed by atoms with Crippen LogP contribution in [0.25, 0.3) is 0 Å². The molecule has 2 aliphatic heterocycles. The van der Waals surface area contributed by atoms with Crippen LogP contribution in [0.2, 0.25) is 0 Å². The van der Waals surface area contributed by atoms with Gasteiger partial charge in [0.05, 0.1) is 11.2 Å². The van der Waals surface area contributed by atoms with Crippen LogP contribution < -0.4 is 5.48 Å². The van der Waals surface area contributed by atoms with Gasteiger partial charge in [0.2, 0.25) is 10.0 Å². The van der Waals surface area contributed by atoms with E-state index < -0.39 is 33.2 Å². The van der Waals surface area contributed by atoms with Crippen molar-refractivity contribution in [1.29, 1.82) is 0 Å². The summed E-state index contributed by atoms with van der Waals surface area (Å²) in [5.41, 5.74) is 2.03. The van der Waals surface area contributed by atoms with Crippen LogP contribution in [0.15, 0.2) is 18.2 Å². The lowest BCUT2D eigenvalue weighted by atomic mass is 9.79. The van der Waals surface area contributed by atoms with Crippen molar-refractivity contribution in [2.75, 3.05) is 31.9 Å². The number of benzene rings is 1. The molecule has 0 aromatic heterocycles. The molecule has 9 nitrogen and oxygen atoms in total. The summed E-state index contributed by atoms with van der Waals surface area (Å²) in [5, 5.41) is 18.3. The van der Waals surface area contributed by atoms with Crippen molar-refractivity contribution in [2.24, 2.45) is 5.41 Å². The molecule has 2 aliphatic rings. The minimum atomic E-state index is -3.82. The maximum absolute atomic E-state index is 13.4. The Kier molecular flexibility index (Phi) is 6.87. The first-order chi connectivity index (χ1) is 14.6. The van der Waals surface area contributed by atoms with Crippen molar-refractivity contribution < 1.29 is 32.7 Å². The van der Waals surface area contributed by atoms with Crippen molar-refractivity contribution in [3.8, 4) is 0 Å². The standard InChI is InChI=1S/C20H28FN3O6S/c1-14-12-16(21)2-3-17(14)15-4-8-24(9-5-15)31(29,30)13-20(18(25)22-28)6-10-23(11-7-20)19(26)27/h2-3,12,15,28H,4-11,13H2,1H3,(H,22,25)(H,26,27). The Labute approximate surface area is 180 Å². The molecule has 0 spiro atoms. The van der Waals surface area contributed by atoms with E-state index in [2.05, 4.69) is 0 Å². The number of amides is 2. The van der Waals surface area contributed by atoms with Crippen molar-refractivity contribution in [2.45, 2.75) is 38.5 Å². The number of hydroxylamine groups is 1. The highest BCUT2D eigenvalue weighted by Crippen LogP contribution is 2.36. The van der Waals surface area contributed by atoms with E-state index in [9.17, 15) is 27.6 Å². The van der Waals surface area contributed by atoms with Crippen LogP contribution in [0.5, 0.6) is 0 Å². The molecule has 1 aromatic carbocycles. The molecular formula is C20H28FN3O6S. The quantitative estimate of drug-likeness (QED) is 0.458. The summed E-state index contributed by atoms with van der Waals surface area (Å²) < 4.78 is 41.0. The molecule has 0 bridgehead atoms. The summed E-state index contributed by atoms with van der Waals surface area (Å²) in [7, 11) is -3.82. The van der Waals surface area contributed by atoms with E-state index in [4.69, 9.17) is 5.11 Å². The van der Waals surface area contributed by atoms with Crippen molar-refractivity contribution in [1.82, 2.24) is 14.7 Å². The summed E-state index contributed by atoms with van der Waals surface area (Å²) in [6.45, 7) is 2.43. The Morgan fingerprint density at radius 3 is 2.32 bits per heavy atom. The van der Waals surface area contributed by atoms with Crippen LogP contribution in [-0.4, -0.2) is 71.9 Å². The van der Waals surface area contributed by atoms with Gasteiger partial charge in [0.1, 0.15) is 5.82 Å². The number of sulfonamides is 1. The third-order valence-electron chi connectivity index (χ3n) is 6.55.